The molecule has 0 spiro atoms. The van der Waals surface area contributed by atoms with Gasteiger partial charge in [-0.05, 0) is 32.0 Å². The van der Waals surface area contributed by atoms with Gasteiger partial charge in [0.05, 0.1) is 0 Å². The van der Waals surface area contributed by atoms with Crippen LogP contribution in [0.2, 0.25) is 0 Å². The van der Waals surface area contributed by atoms with Crippen LogP contribution < -0.4 is 10.6 Å². The smallest absolute Gasteiger partial charge is 0.126 e. The second kappa shape index (κ2) is 3.75. The van der Waals surface area contributed by atoms with Crippen LogP contribution in [0.4, 0.5) is 5.82 Å². The molecule has 13 heavy (non-hydrogen) atoms. The van der Waals surface area contributed by atoms with Crippen LogP contribution in [0.1, 0.15) is 12.1 Å². The lowest BCUT2D eigenvalue weighted by molar-refractivity contribution is 0.787. The molecule has 1 fully saturated rings. The van der Waals surface area contributed by atoms with E-state index in [1.165, 1.54) is 6.42 Å². The zero-order valence-corrected chi connectivity index (χ0v) is 7.88. The van der Waals surface area contributed by atoms with E-state index in [0.29, 0.717) is 6.04 Å². The maximum Gasteiger partial charge on any atom is 0.126 e. The van der Waals surface area contributed by atoms with Gasteiger partial charge in [0.2, 0.25) is 0 Å². The number of hydrogen-bond acceptors (Lipinski definition) is 3. The lowest BCUT2D eigenvalue weighted by Crippen LogP contribution is -2.22. The van der Waals surface area contributed by atoms with Crippen molar-refractivity contribution in [2.75, 3.05) is 18.4 Å². The number of hydrogen-bond donors (Lipinski definition) is 2. The summed E-state index contributed by atoms with van der Waals surface area (Å²) in [6.45, 7) is 4.18. The molecule has 0 bridgehead atoms. The summed E-state index contributed by atoms with van der Waals surface area (Å²) >= 11 is 0. The van der Waals surface area contributed by atoms with Gasteiger partial charge in [-0.2, -0.15) is 0 Å². The van der Waals surface area contributed by atoms with Crippen molar-refractivity contribution in [3.05, 3.63) is 23.9 Å². The highest BCUT2D eigenvalue weighted by Crippen LogP contribution is 2.08. The van der Waals surface area contributed by atoms with E-state index >= 15 is 0 Å². The number of rotatable bonds is 2. The molecule has 0 radical (unpaired) electrons. The molecule has 0 aromatic carbocycles. The Morgan fingerprint density at radius 3 is 3.15 bits per heavy atom. The molecule has 1 aromatic heterocycles. The van der Waals surface area contributed by atoms with Crippen LogP contribution in [0.25, 0.3) is 0 Å². The van der Waals surface area contributed by atoms with Crippen molar-refractivity contribution in [3.8, 4) is 0 Å². The third kappa shape index (κ3) is 2.18. The van der Waals surface area contributed by atoms with Gasteiger partial charge in [0, 0.05) is 18.3 Å². The molecule has 1 saturated heterocycles. The van der Waals surface area contributed by atoms with Gasteiger partial charge in [-0.1, -0.05) is 6.07 Å². The van der Waals surface area contributed by atoms with E-state index in [0.717, 1.165) is 24.6 Å². The SMILES string of the molecule is Cc1cccc(N[C@@H]2CCNC2)n1. The maximum atomic E-state index is 4.40. The normalized spacial score (nSPS) is 21.8. The molecule has 2 rings (SSSR count). The fraction of sp³-hybridized carbons (Fsp3) is 0.500. The van der Waals surface area contributed by atoms with Crippen molar-refractivity contribution >= 4 is 5.82 Å². The average molecular weight is 177 g/mol. The highest BCUT2D eigenvalue weighted by atomic mass is 15.1. The number of nitrogens with one attached hydrogen (secondary N) is 2. The topological polar surface area (TPSA) is 37.0 Å². The number of aromatic nitrogens is 1. The van der Waals surface area contributed by atoms with E-state index in [4.69, 9.17) is 0 Å². The van der Waals surface area contributed by atoms with Gasteiger partial charge >= 0.3 is 0 Å². The monoisotopic (exact) mass is 177 g/mol. The molecule has 2 heterocycles. The van der Waals surface area contributed by atoms with Gasteiger partial charge in [-0.3, -0.25) is 0 Å². The van der Waals surface area contributed by atoms with E-state index < -0.39 is 0 Å². The summed E-state index contributed by atoms with van der Waals surface area (Å²) in [6, 6.07) is 6.62. The molecule has 1 aromatic rings. The molecular formula is C10H15N3. The van der Waals surface area contributed by atoms with E-state index in [1.54, 1.807) is 0 Å². The minimum absolute atomic E-state index is 0.550. The fourth-order valence-corrected chi connectivity index (χ4v) is 1.61. The molecule has 70 valence electrons. The standard InChI is InChI=1S/C10H15N3/c1-8-3-2-4-10(12-8)13-9-5-6-11-7-9/h2-4,9,11H,5-7H2,1H3,(H,12,13)/t9-/m1/s1. The van der Waals surface area contributed by atoms with Crippen molar-refractivity contribution in [2.24, 2.45) is 0 Å². The van der Waals surface area contributed by atoms with Gasteiger partial charge in [0.25, 0.3) is 0 Å². The van der Waals surface area contributed by atoms with Gasteiger partial charge in [0.1, 0.15) is 5.82 Å². The average Bonchev–Trinajstić information content (AvgIpc) is 2.57. The van der Waals surface area contributed by atoms with Gasteiger partial charge in [0.15, 0.2) is 0 Å². The van der Waals surface area contributed by atoms with Crippen molar-refractivity contribution in [2.45, 2.75) is 19.4 Å². The van der Waals surface area contributed by atoms with Crippen LogP contribution in [-0.2, 0) is 0 Å². The van der Waals surface area contributed by atoms with Crippen LogP contribution >= 0.6 is 0 Å². The zero-order valence-electron chi connectivity index (χ0n) is 7.88. The van der Waals surface area contributed by atoms with E-state index in [-0.39, 0.29) is 0 Å². The van der Waals surface area contributed by atoms with Crippen molar-refractivity contribution < 1.29 is 0 Å². The molecule has 0 unspecified atom stereocenters. The first kappa shape index (κ1) is 8.51. The Labute approximate surface area is 78.6 Å². The predicted octanol–water partition coefficient (Wildman–Crippen LogP) is 1.16. The summed E-state index contributed by atoms with van der Waals surface area (Å²) in [6.07, 6.45) is 1.19. The van der Waals surface area contributed by atoms with E-state index in [1.807, 2.05) is 25.1 Å². The molecule has 1 aliphatic rings. The first-order valence-corrected chi connectivity index (χ1v) is 4.75. The quantitative estimate of drug-likeness (QED) is 0.712. The minimum atomic E-state index is 0.550. The molecule has 3 heteroatoms. The van der Waals surface area contributed by atoms with Crippen molar-refractivity contribution in [1.82, 2.24) is 10.3 Å². The van der Waals surface area contributed by atoms with Gasteiger partial charge in [-0.15, -0.1) is 0 Å². The third-order valence-corrected chi connectivity index (χ3v) is 2.30. The highest BCUT2D eigenvalue weighted by molar-refractivity contribution is 5.36. The molecular weight excluding hydrogens is 162 g/mol. The minimum Gasteiger partial charge on any atom is -0.366 e. The van der Waals surface area contributed by atoms with E-state index in [2.05, 4.69) is 15.6 Å². The Hall–Kier alpha value is -1.09. The van der Waals surface area contributed by atoms with Crippen LogP contribution in [0.3, 0.4) is 0 Å². The fourth-order valence-electron chi connectivity index (χ4n) is 1.61. The maximum absolute atomic E-state index is 4.40. The molecule has 0 saturated carbocycles. The summed E-state index contributed by atoms with van der Waals surface area (Å²) in [4.78, 5) is 4.40. The summed E-state index contributed by atoms with van der Waals surface area (Å²) < 4.78 is 0. The molecule has 2 N–H and O–H groups in total. The molecule has 3 nitrogen and oxygen atoms in total. The number of anilines is 1. The van der Waals surface area contributed by atoms with Crippen molar-refractivity contribution in [3.63, 3.8) is 0 Å². The van der Waals surface area contributed by atoms with Crippen molar-refractivity contribution in [1.29, 1.82) is 0 Å². The second-order valence-electron chi connectivity index (χ2n) is 3.50. The van der Waals surface area contributed by atoms with E-state index in [9.17, 15) is 0 Å². The van der Waals surface area contributed by atoms with Crippen LogP contribution in [0, 0.1) is 6.92 Å². The number of aryl methyl sites for hydroxylation is 1. The Morgan fingerprint density at radius 2 is 2.46 bits per heavy atom. The first-order chi connectivity index (χ1) is 6.34. The molecule has 1 atom stereocenters. The Balaban J connectivity index is 2.00. The first-order valence-electron chi connectivity index (χ1n) is 4.75. The third-order valence-electron chi connectivity index (χ3n) is 2.30. The van der Waals surface area contributed by atoms with Gasteiger partial charge < -0.3 is 10.6 Å². The lowest BCUT2D eigenvalue weighted by atomic mass is 10.2. The van der Waals surface area contributed by atoms with Crippen LogP contribution in [0.5, 0.6) is 0 Å². The highest BCUT2D eigenvalue weighted by Gasteiger charge is 2.13. The summed E-state index contributed by atoms with van der Waals surface area (Å²) in [7, 11) is 0. The second-order valence-corrected chi connectivity index (χ2v) is 3.50. The molecule has 0 aliphatic carbocycles. The Kier molecular flexibility index (Phi) is 2.45. The molecule has 0 amide bonds. The van der Waals surface area contributed by atoms with Crippen LogP contribution in [0.15, 0.2) is 18.2 Å². The van der Waals surface area contributed by atoms with Gasteiger partial charge in [-0.25, -0.2) is 4.98 Å². The van der Waals surface area contributed by atoms with Crippen LogP contribution in [-0.4, -0.2) is 24.1 Å². The zero-order chi connectivity index (χ0) is 9.10. The number of pyridine rings is 1. The summed E-state index contributed by atoms with van der Waals surface area (Å²) in [5.74, 6) is 0.994. The lowest BCUT2D eigenvalue weighted by Gasteiger charge is -2.11. The largest absolute Gasteiger partial charge is 0.366 e. The predicted molar refractivity (Wildman–Crippen MR) is 53.9 cm³/mol. The Morgan fingerprint density at radius 1 is 1.54 bits per heavy atom. The molecule has 1 aliphatic heterocycles. The Bertz CT molecular complexity index is 279. The number of nitrogens with zero attached hydrogens (tertiary/aromatic N) is 1. The summed E-state index contributed by atoms with van der Waals surface area (Å²) in [5, 5.41) is 6.72. The summed E-state index contributed by atoms with van der Waals surface area (Å²) in [5.41, 5.74) is 1.07.